The van der Waals surface area contributed by atoms with Crippen molar-refractivity contribution in [1.29, 1.82) is 0 Å². The van der Waals surface area contributed by atoms with E-state index in [1.807, 2.05) is 12.1 Å². The first-order valence-corrected chi connectivity index (χ1v) is 18.5. The van der Waals surface area contributed by atoms with Crippen molar-refractivity contribution in [3.8, 4) is 22.3 Å². The third-order valence-electron chi connectivity index (χ3n) is 11.0. The molecule has 0 saturated carbocycles. The molecule has 11 aromatic rings. The summed E-state index contributed by atoms with van der Waals surface area (Å²) in [6, 6.07) is 72.4. The Morgan fingerprint density at radius 3 is 1.61 bits per heavy atom. The zero-order valence-electron chi connectivity index (χ0n) is 29.4. The van der Waals surface area contributed by atoms with Crippen molar-refractivity contribution in [1.82, 2.24) is 0 Å². The van der Waals surface area contributed by atoms with E-state index in [1.165, 1.54) is 54.2 Å². The number of benzene rings is 10. The molecule has 11 rings (SSSR count). The van der Waals surface area contributed by atoms with Crippen LogP contribution in [0.3, 0.4) is 0 Å². The zero-order chi connectivity index (χ0) is 35.6. The third-order valence-corrected chi connectivity index (χ3v) is 11.0. The number of para-hydroxylation sites is 1. The lowest BCUT2D eigenvalue weighted by atomic mass is 9.94. The van der Waals surface area contributed by atoms with Gasteiger partial charge in [0.1, 0.15) is 11.2 Å². The molecule has 1 heterocycles. The second-order valence-corrected chi connectivity index (χ2v) is 14.1. The molecule has 252 valence electrons. The minimum Gasteiger partial charge on any atom is -0.456 e. The average molecular weight is 688 g/mol. The molecular weight excluding hydrogens is 655 g/mol. The van der Waals surface area contributed by atoms with Gasteiger partial charge >= 0.3 is 0 Å². The number of nitrogens with zero attached hydrogens (tertiary/aromatic N) is 1. The molecule has 2 heteroatoms. The third kappa shape index (κ3) is 4.88. The zero-order valence-corrected chi connectivity index (χ0v) is 29.4. The van der Waals surface area contributed by atoms with E-state index in [0.29, 0.717) is 0 Å². The highest BCUT2D eigenvalue weighted by molar-refractivity contribution is 6.15. The summed E-state index contributed by atoms with van der Waals surface area (Å²) in [6.45, 7) is 0. The highest BCUT2D eigenvalue weighted by atomic mass is 16.3. The molecule has 0 amide bonds. The number of furan rings is 1. The van der Waals surface area contributed by atoms with Gasteiger partial charge in [-0.05, 0) is 108 Å². The van der Waals surface area contributed by atoms with Gasteiger partial charge in [0.2, 0.25) is 0 Å². The maximum Gasteiger partial charge on any atom is 0.136 e. The second kappa shape index (κ2) is 12.2. The van der Waals surface area contributed by atoms with Gasteiger partial charge in [-0.2, -0.15) is 0 Å². The average Bonchev–Trinajstić information content (AvgIpc) is 3.62. The van der Waals surface area contributed by atoms with Crippen molar-refractivity contribution in [2.24, 2.45) is 0 Å². The predicted molar refractivity (Wildman–Crippen MR) is 229 cm³/mol. The van der Waals surface area contributed by atoms with E-state index in [-0.39, 0.29) is 0 Å². The van der Waals surface area contributed by atoms with E-state index in [4.69, 9.17) is 4.42 Å². The number of hydrogen-bond donors (Lipinski definition) is 0. The van der Waals surface area contributed by atoms with Crippen LogP contribution in [0.25, 0.3) is 87.3 Å². The maximum atomic E-state index is 6.24. The van der Waals surface area contributed by atoms with Gasteiger partial charge in [0.15, 0.2) is 0 Å². The number of fused-ring (bicyclic) bond motifs is 9. The SMILES string of the molecule is c1ccc2c(c1)ccc1c(-c3ccc(N(c4ccc(-c5ccc6c(c5)oc5ccccc56)cc4)c4cc5ccccc5c5ccccc45)cc3)cccc12. The minimum absolute atomic E-state index is 0.904. The van der Waals surface area contributed by atoms with Crippen LogP contribution in [-0.4, -0.2) is 0 Å². The van der Waals surface area contributed by atoms with Crippen molar-refractivity contribution in [3.05, 3.63) is 200 Å². The summed E-state index contributed by atoms with van der Waals surface area (Å²) in [6.07, 6.45) is 0. The quantitative estimate of drug-likeness (QED) is 0.168. The van der Waals surface area contributed by atoms with Gasteiger partial charge in [0.25, 0.3) is 0 Å². The van der Waals surface area contributed by atoms with Crippen molar-refractivity contribution in [2.75, 3.05) is 4.90 Å². The van der Waals surface area contributed by atoms with Gasteiger partial charge in [-0.15, -0.1) is 0 Å². The summed E-state index contributed by atoms with van der Waals surface area (Å²) in [5, 5.41) is 12.3. The fourth-order valence-electron chi connectivity index (χ4n) is 8.44. The topological polar surface area (TPSA) is 16.4 Å². The van der Waals surface area contributed by atoms with Crippen LogP contribution >= 0.6 is 0 Å². The molecule has 0 unspecified atom stereocenters. The van der Waals surface area contributed by atoms with Crippen molar-refractivity contribution in [2.45, 2.75) is 0 Å². The number of rotatable bonds is 5. The number of hydrogen-bond acceptors (Lipinski definition) is 2. The molecule has 0 aliphatic rings. The maximum absolute atomic E-state index is 6.24. The molecule has 1 aromatic heterocycles. The molecule has 0 N–H and O–H groups in total. The lowest BCUT2D eigenvalue weighted by Crippen LogP contribution is -2.10. The molecule has 0 aliphatic carbocycles. The van der Waals surface area contributed by atoms with E-state index in [9.17, 15) is 0 Å². The van der Waals surface area contributed by atoms with E-state index in [1.54, 1.807) is 0 Å². The van der Waals surface area contributed by atoms with E-state index in [2.05, 4.69) is 193 Å². The molecule has 0 fully saturated rings. The van der Waals surface area contributed by atoms with Crippen LogP contribution in [0.1, 0.15) is 0 Å². The Hall–Kier alpha value is -7.16. The highest BCUT2D eigenvalue weighted by Gasteiger charge is 2.18. The standard InChI is InChI=1S/C52H33NO/c1-3-12-41-35(10-1)24-30-46-42(17-9-18-44(41)46)36-22-28-40(29-23-36)53(50-32-38-11-2-4-13-43(38)45-14-5-6-15-47(45)50)39-26-20-34(21-27-39)37-25-31-49-48-16-7-8-19-51(48)54-52(49)33-37/h1-33H. The Kier molecular flexibility index (Phi) is 6.90. The molecule has 0 saturated heterocycles. The Balaban J connectivity index is 1.05. The molecular formula is C52H33NO. The molecule has 0 spiro atoms. The Labute approximate surface area is 312 Å². The summed E-state index contributed by atoms with van der Waals surface area (Å²) < 4.78 is 6.24. The van der Waals surface area contributed by atoms with Crippen molar-refractivity contribution < 1.29 is 4.42 Å². The van der Waals surface area contributed by atoms with Gasteiger partial charge in [0, 0.05) is 27.5 Å². The van der Waals surface area contributed by atoms with Crippen LogP contribution in [0.4, 0.5) is 17.1 Å². The van der Waals surface area contributed by atoms with Gasteiger partial charge in [0.05, 0.1) is 5.69 Å². The Bertz CT molecular complexity index is 3210. The smallest absolute Gasteiger partial charge is 0.136 e. The van der Waals surface area contributed by atoms with Crippen LogP contribution in [-0.2, 0) is 0 Å². The first-order chi connectivity index (χ1) is 26.8. The van der Waals surface area contributed by atoms with Gasteiger partial charge < -0.3 is 9.32 Å². The monoisotopic (exact) mass is 687 g/mol. The minimum atomic E-state index is 0.904. The summed E-state index contributed by atoms with van der Waals surface area (Å²) in [5.74, 6) is 0. The lowest BCUT2D eigenvalue weighted by molar-refractivity contribution is 0.669. The van der Waals surface area contributed by atoms with Crippen LogP contribution in [0.2, 0.25) is 0 Å². The Morgan fingerprint density at radius 1 is 0.296 bits per heavy atom. The molecule has 0 aliphatic heterocycles. The van der Waals surface area contributed by atoms with Crippen LogP contribution in [0.5, 0.6) is 0 Å². The van der Waals surface area contributed by atoms with Crippen LogP contribution in [0.15, 0.2) is 205 Å². The molecule has 54 heavy (non-hydrogen) atoms. The van der Waals surface area contributed by atoms with Crippen LogP contribution < -0.4 is 4.90 Å². The summed E-state index contributed by atoms with van der Waals surface area (Å²) in [5.41, 5.74) is 9.85. The first kappa shape index (κ1) is 30.5. The molecule has 10 aromatic carbocycles. The van der Waals surface area contributed by atoms with Crippen molar-refractivity contribution >= 4 is 82.1 Å². The van der Waals surface area contributed by atoms with Gasteiger partial charge in [-0.25, -0.2) is 0 Å². The van der Waals surface area contributed by atoms with E-state index in [0.717, 1.165) is 50.1 Å². The lowest BCUT2D eigenvalue weighted by Gasteiger charge is -2.28. The molecule has 2 nitrogen and oxygen atoms in total. The fraction of sp³-hybridized carbons (Fsp3) is 0. The normalized spacial score (nSPS) is 11.7. The van der Waals surface area contributed by atoms with Crippen molar-refractivity contribution in [3.63, 3.8) is 0 Å². The number of anilines is 3. The summed E-state index contributed by atoms with van der Waals surface area (Å²) in [7, 11) is 0. The largest absolute Gasteiger partial charge is 0.456 e. The Morgan fingerprint density at radius 2 is 0.833 bits per heavy atom. The molecule has 0 bridgehead atoms. The van der Waals surface area contributed by atoms with Gasteiger partial charge in [-0.3, -0.25) is 0 Å². The fourth-order valence-corrected chi connectivity index (χ4v) is 8.44. The summed E-state index contributed by atoms with van der Waals surface area (Å²) >= 11 is 0. The summed E-state index contributed by atoms with van der Waals surface area (Å²) in [4.78, 5) is 2.40. The first-order valence-electron chi connectivity index (χ1n) is 18.5. The molecule has 0 radical (unpaired) electrons. The second-order valence-electron chi connectivity index (χ2n) is 14.1. The van der Waals surface area contributed by atoms with Crippen LogP contribution in [0, 0.1) is 0 Å². The molecule has 0 atom stereocenters. The van der Waals surface area contributed by atoms with E-state index < -0.39 is 0 Å². The highest BCUT2D eigenvalue weighted by Crippen LogP contribution is 2.43. The van der Waals surface area contributed by atoms with E-state index >= 15 is 0 Å². The van der Waals surface area contributed by atoms with Gasteiger partial charge in [-0.1, -0.05) is 152 Å². The predicted octanol–water partition coefficient (Wildman–Crippen LogP) is 15.0.